The van der Waals surface area contributed by atoms with E-state index in [4.69, 9.17) is 5.11 Å². The predicted octanol–water partition coefficient (Wildman–Crippen LogP) is 1.39. The van der Waals surface area contributed by atoms with E-state index in [1.165, 1.54) is 6.42 Å². The van der Waals surface area contributed by atoms with Crippen LogP contribution in [0, 0.1) is 17.3 Å². The number of carbonyl (C=O) groups excluding carboxylic acids is 1. The SMILES string of the molecule is CC1CC1CN(C)C(=O)NCC(C)(C)C(=O)O. The van der Waals surface area contributed by atoms with E-state index in [-0.39, 0.29) is 12.6 Å². The van der Waals surface area contributed by atoms with Gasteiger partial charge in [0, 0.05) is 20.1 Å². The van der Waals surface area contributed by atoms with Crippen molar-refractivity contribution in [3.8, 4) is 0 Å². The molecule has 0 bridgehead atoms. The van der Waals surface area contributed by atoms with Crippen LogP contribution < -0.4 is 5.32 Å². The zero-order valence-electron chi connectivity index (χ0n) is 11.0. The molecule has 0 aliphatic heterocycles. The molecule has 98 valence electrons. The van der Waals surface area contributed by atoms with Crippen LogP contribution in [-0.2, 0) is 4.79 Å². The summed E-state index contributed by atoms with van der Waals surface area (Å²) in [4.78, 5) is 24.2. The molecule has 2 atom stereocenters. The lowest BCUT2D eigenvalue weighted by Gasteiger charge is -2.23. The molecule has 1 fully saturated rings. The van der Waals surface area contributed by atoms with Crippen LogP contribution in [0.1, 0.15) is 27.2 Å². The molecule has 1 rings (SSSR count). The van der Waals surface area contributed by atoms with Crippen molar-refractivity contribution < 1.29 is 14.7 Å². The molecule has 17 heavy (non-hydrogen) atoms. The average molecular weight is 242 g/mol. The minimum Gasteiger partial charge on any atom is -0.481 e. The molecular formula is C12H22N2O3. The van der Waals surface area contributed by atoms with Gasteiger partial charge in [-0.05, 0) is 32.1 Å². The fourth-order valence-corrected chi connectivity index (χ4v) is 1.60. The third-order valence-corrected chi connectivity index (χ3v) is 3.39. The maximum Gasteiger partial charge on any atom is 0.317 e. The van der Waals surface area contributed by atoms with Gasteiger partial charge in [0.05, 0.1) is 5.41 Å². The Morgan fingerprint density at radius 2 is 2.00 bits per heavy atom. The molecule has 2 N–H and O–H groups in total. The Bertz CT molecular complexity index is 315. The summed E-state index contributed by atoms with van der Waals surface area (Å²) in [6.45, 7) is 6.26. The molecule has 0 radical (unpaired) electrons. The van der Waals surface area contributed by atoms with Crippen LogP contribution in [0.15, 0.2) is 0 Å². The second-order valence-corrected chi connectivity index (χ2v) is 5.70. The van der Waals surface area contributed by atoms with Crippen LogP contribution in [0.3, 0.4) is 0 Å². The van der Waals surface area contributed by atoms with E-state index in [1.807, 2.05) is 0 Å². The average Bonchev–Trinajstić information content (AvgIpc) is 2.90. The van der Waals surface area contributed by atoms with Gasteiger partial charge in [-0.3, -0.25) is 4.79 Å². The first kappa shape index (κ1) is 13.8. The molecule has 0 aromatic rings. The number of carboxylic acid groups (broad SMARTS) is 1. The molecule has 1 aliphatic rings. The van der Waals surface area contributed by atoms with Crippen LogP contribution in [0.4, 0.5) is 4.79 Å². The van der Waals surface area contributed by atoms with Crippen LogP contribution in [0.2, 0.25) is 0 Å². The number of nitrogens with one attached hydrogen (secondary N) is 1. The van der Waals surface area contributed by atoms with Crippen LogP contribution in [0.25, 0.3) is 0 Å². The Balaban J connectivity index is 2.31. The molecule has 2 amide bonds. The largest absolute Gasteiger partial charge is 0.481 e. The maximum absolute atomic E-state index is 11.7. The van der Waals surface area contributed by atoms with E-state index >= 15 is 0 Å². The molecule has 1 saturated carbocycles. The summed E-state index contributed by atoms with van der Waals surface area (Å²) >= 11 is 0. The summed E-state index contributed by atoms with van der Waals surface area (Å²) in [6.07, 6.45) is 1.18. The van der Waals surface area contributed by atoms with E-state index in [0.717, 1.165) is 6.54 Å². The van der Waals surface area contributed by atoms with E-state index in [9.17, 15) is 9.59 Å². The summed E-state index contributed by atoms with van der Waals surface area (Å²) < 4.78 is 0. The quantitative estimate of drug-likeness (QED) is 0.765. The normalized spacial score (nSPS) is 23.1. The number of rotatable bonds is 5. The van der Waals surface area contributed by atoms with Crippen molar-refractivity contribution in [1.82, 2.24) is 10.2 Å². The molecule has 0 spiro atoms. The van der Waals surface area contributed by atoms with Gasteiger partial charge in [0.25, 0.3) is 0 Å². The Morgan fingerprint density at radius 1 is 1.47 bits per heavy atom. The summed E-state index contributed by atoms with van der Waals surface area (Å²) in [5.74, 6) is 0.412. The van der Waals surface area contributed by atoms with Gasteiger partial charge in [-0.1, -0.05) is 6.92 Å². The number of nitrogens with zero attached hydrogens (tertiary/aromatic N) is 1. The zero-order valence-corrected chi connectivity index (χ0v) is 11.0. The minimum absolute atomic E-state index is 0.145. The predicted molar refractivity (Wildman–Crippen MR) is 64.7 cm³/mol. The zero-order chi connectivity index (χ0) is 13.2. The lowest BCUT2D eigenvalue weighted by molar-refractivity contribution is -0.146. The number of amides is 2. The van der Waals surface area contributed by atoms with E-state index < -0.39 is 11.4 Å². The number of carbonyl (C=O) groups is 2. The Labute approximate surface area is 102 Å². The second kappa shape index (κ2) is 4.94. The Morgan fingerprint density at radius 3 is 2.41 bits per heavy atom. The highest BCUT2D eigenvalue weighted by Crippen LogP contribution is 2.37. The first-order chi connectivity index (χ1) is 7.74. The van der Waals surface area contributed by atoms with Gasteiger partial charge in [-0.2, -0.15) is 0 Å². The molecular weight excluding hydrogens is 220 g/mol. The minimum atomic E-state index is -0.927. The highest BCUT2D eigenvalue weighted by molar-refractivity contribution is 5.77. The molecule has 0 aromatic carbocycles. The first-order valence-corrected chi connectivity index (χ1v) is 5.96. The first-order valence-electron chi connectivity index (χ1n) is 5.96. The summed E-state index contributed by atoms with van der Waals surface area (Å²) in [5.41, 5.74) is -0.927. The third-order valence-electron chi connectivity index (χ3n) is 3.39. The maximum atomic E-state index is 11.7. The number of carboxylic acids is 1. The number of hydrogen-bond acceptors (Lipinski definition) is 2. The number of aliphatic carboxylic acids is 1. The van der Waals surface area contributed by atoms with Crippen molar-refractivity contribution >= 4 is 12.0 Å². The lowest BCUT2D eigenvalue weighted by Crippen LogP contribution is -2.44. The molecule has 0 saturated heterocycles. The monoisotopic (exact) mass is 242 g/mol. The molecule has 1 aliphatic carbocycles. The highest BCUT2D eigenvalue weighted by Gasteiger charge is 2.34. The van der Waals surface area contributed by atoms with Crippen LogP contribution in [-0.4, -0.2) is 42.1 Å². The van der Waals surface area contributed by atoms with E-state index in [0.29, 0.717) is 11.8 Å². The van der Waals surface area contributed by atoms with Gasteiger partial charge in [-0.15, -0.1) is 0 Å². The van der Waals surface area contributed by atoms with Gasteiger partial charge < -0.3 is 15.3 Å². The smallest absolute Gasteiger partial charge is 0.317 e. The van der Waals surface area contributed by atoms with Gasteiger partial charge in [0.1, 0.15) is 0 Å². The topological polar surface area (TPSA) is 69.6 Å². The van der Waals surface area contributed by atoms with Crippen molar-refractivity contribution in [2.24, 2.45) is 17.3 Å². The molecule has 0 aromatic heterocycles. The van der Waals surface area contributed by atoms with Crippen molar-refractivity contribution in [1.29, 1.82) is 0 Å². The molecule has 5 nitrogen and oxygen atoms in total. The number of urea groups is 1. The fraction of sp³-hybridized carbons (Fsp3) is 0.833. The lowest BCUT2D eigenvalue weighted by atomic mass is 9.94. The fourth-order valence-electron chi connectivity index (χ4n) is 1.60. The van der Waals surface area contributed by atoms with Crippen molar-refractivity contribution in [3.05, 3.63) is 0 Å². The standard InChI is InChI=1S/C12H22N2O3/c1-8-5-9(8)6-14(4)11(17)13-7-12(2,3)10(15)16/h8-9H,5-7H2,1-4H3,(H,13,17)(H,15,16). The van der Waals surface area contributed by atoms with Crippen molar-refractivity contribution in [2.45, 2.75) is 27.2 Å². The molecule has 0 heterocycles. The number of hydrogen-bond donors (Lipinski definition) is 2. The second-order valence-electron chi connectivity index (χ2n) is 5.70. The van der Waals surface area contributed by atoms with Crippen molar-refractivity contribution in [3.63, 3.8) is 0 Å². The summed E-state index contributed by atoms with van der Waals surface area (Å²) in [5, 5.41) is 11.6. The van der Waals surface area contributed by atoms with Crippen LogP contribution in [0.5, 0.6) is 0 Å². The highest BCUT2D eigenvalue weighted by atomic mass is 16.4. The summed E-state index contributed by atoms with van der Waals surface area (Å²) in [7, 11) is 1.74. The van der Waals surface area contributed by atoms with Gasteiger partial charge in [0.15, 0.2) is 0 Å². The Hall–Kier alpha value is -1.26. The molecule has 2 unspecified atom stereocenters. The summed E-state index contributed by atoms with van der Waals surface area (Å²) in [6, 6.07) is -0.196. The van der Waals surface area contributed by atoms with Crippen LogP contribution >= 0.6 is 0 Å². The van der Waals surface area contributed by atoms with E-state index in [2.05, 4.69) is 12.2 Å². The third kappa shape index (κ3) is 3.91. The van der Waals surface area contributed by atoms with Crippen molar-refractivity contribution in [2.75, 3.05) is 20.1 Å². The van der Waals surface area contributed by atoms with E-state index in [1.54, 1.807) is 25.8 Å². The molecule has 5 heteroatoms. The Kier molecular flexibility index (Phi) is 4.01. The van der Waals surface area contributed by atoms with Gasteiger partial charge in [0.2, 0.25) is 0 Å². The van der Waals surface area contributed by atoms with Gasteiger partial charge >= 0.3 is 12.0 Å². The van der Waals surface area contributed by atoms with Gasteiger partial charge in [-0.25, -0.2) is 4.79 Å².